The van der Waals surface area contributed by atoms with E-state index in [0.717, 1.165) is 33.4 Å². The molecule has 0 amide bonds. The summed E-state index contributed by atoms with van der Waals surface area (Å²) in [6.45, 7) is 2.00. The fourth-order valence-corrected chi connectivity index (χ4v) is 2.22. The third-order valence-electron chi connectivity index (χ3n) is 3.38. The van der Waals surface area contributed by atoms with Crippen molar-refractivity contribution in [2.24, 2.45) is 20.3 Å². The summed E-state index contributed by atoms with van der Waals surface area (Å²) in [5.74, 6) is 0. The number of fused-ring (bicyclic) bond motifs is 1. The summed E-state index contributed by atoms with van der Waals surface area (Å²) in [6, 6.07) is 19.3. The lowest BCUT2D eigenvalue weighted by atomic mass is 10.1. The van der Waals surface area contributed by atoms with E-state index in [2.05, 4.69) is 26.3 Å². The first-order valence-corrected chi connectivity index (χ1v) is 7.21. The number of anilines is 1. The highest BCUT2D eigenvalue weighted by Gasteiger charge is 2.01. The first kappa shape index (κ1) is 14.9. The molecule has 0 bridgehead atoms. The van der Waals surface area contributed by atoms with Crippen molar-refractivity contribution in [1.29, 1.82) is 0 Å². The van der Waals surface area contributed by atoms with Crippen LogP contribution >= 0.6 is 0 Å². The van der Waals surface area contributed by atoms with E-state index in [1.54, 1.807) is 0 Å². The molecule has 0 aliphatic heterocycles. The van der Waals surface area contributed by atoms with Crippen molar-refractivity contribution in [2.45, 2.75) is 6.92 Å². The zero-order valence-corrected chi connectivity index (χ0v) is 12.7. The Bertz CT molecular complexity index is 875. The SMILES string of the molecule is Cc1cc2ccc(N)cc2cc1N=N[B]N=Nc1ccccc1. The van der Waals surface area contributed by atoms with E-state index >= 15 is 0 Å². The second-order valence-electron chi connectivity index (χ2n) is 5.13. The second-order valence-corrected chi connectivity index (χ2v) is 5.13. The van der Waals surface area contributed by atoms with Gasteiger partial charge in [0.25, 0.3) is 0 Å². The minimum absolute atomic E-state index is 0.729. The van der Waals surface area contributed by atoms with Gasteiger partial charge in [-0.1, -0.05) is 24.3 Å². The number of nitrogens with zero attached hydrogens (tertiary/aromatic N) is 4. The number of hydrogen-bond donors (Lipinski definition) is 1. The molecule has 0 spiro atoms. The first-order chi connectivity index (χ1) is 11.2. The van der Waals surface area contributed by atoms with Gasteiger partial charge in [-0.25, -0.2) is 10.1 Å². The van der Waals surface area contributed by atoms with E-state index < -0.39 is 0 Å². The molecule has 0 aromatic heterocycles. The maximum atomic E-state index is 5.82. The minimum atomic E-state index is 0.729. The topological polar surface area (TPSA) is 75.5 Å². The fraction of sp³-hybridized carbons (Fsp3) is 0.0588. The second kappa shape index (κ2) is 6.83. The highest BCUT2D eigenvalue weighted by Crippen LogP contribution is 2.27. The normalized spacial score (nSPS) is 11.5. The van der Waals surface area contributed by atoms with Gasteiger partial charge in [0.2, 0.25) is 0 Å². The zero-order valence-electron chi connectivity index (χ0n) is 12.7. The van der Waals surface area contributed by atoms with Crippen LogP contribution in [0.3, 0.4) is 0 Å². The van der Waals surface area contributed by atoms with E-state index in [1.165, 1.54) is 7.55 Å². The average Bonchev–Trinajstić information content (AvgIpc) is 2.56. The molecule has 3 aromatic carbocycles. The van der Waals surface area contributed by atoms with Crippen molar-refractivity contribution in [3.63, 3.8) is 0 Å². The lowest BCUT2D eigenvalue weighted by Gasteiger charge is -2.04. The van der Waals surface area contributed by atoms with Crippen LogP contribution in [0.5, 0.6) is 0 Å². The van der Waals surface area contributed by atoms with Crippen molar-refractivity contribution in [2.75, 3.05) is 5.73 Å². The Hall–Kier alpha value is -3.02. The lowest BCUT2D eigenvalue weighted by molar-refractivity contribution is 1.24. The smallest absolute Gasteiger partial charge is 0.399 e. The molecule has 0 fully saturated rings. The van der Waals surface area contributed by atoms with Gasteiger partial charge < -0.3 is 5.73 Å². The van der Waals surface area contributed by atoms with Crippen LogP contribution in [0.4, 0.5) is 17.1 Å². The minimum Gasteiger partial charge on any atom is -0.399 e. The third-order valence-corrected chi connectivity index (χ3v) is 3.38. The molecule has 23 heavy (non-hydrogen) atoms. The summed E-state index contributed by atoms with van der Waals surface area (Å²) in [4.78, 5) is 0. The molecule has 0 aliphatic carbocycles. The summed E-state index contributed by atoms with van der Waals surface area (Å²) in [7, 11) is 1.33. The Morgan fingerprint density at radius 1 is 0.826 bits per heavy atom. The van der Waals surface area contributed by atoms with Gasteiger partial charge in [0.05, 0.1) is 11.4 Å². The average molecular weight is 300 g/mol. The van der Waals surface area contributed by atoms with Crippen molar-refractivity contribution in [3.8, 4) is 0 Å². The highest BCUT2D eigenvalue weighted by molar-refractivity contribution is 6.29. The number of hydrogen-bond acceptors (Lipinski definition) is 5. The quantitative estimate of drug-likeness (QED) is 0.404. The molecule has 5 nitrogen and oxygen atoms in total. The van der Waals surface area contributed by atoms with Crippen LogP contribution in [0.1, 0.15) is 5.56 Å². The summed E-state index contributed by atoms with van der Waals surface area (Å²) < 4.78 is 0. The number of rotatable bonds is 4. The zero-order chi connectivity index (χ0) is 16.1. The molecule has 0 saturated carbocycles. The molecule has 0 atom stereocenters. The maximum Gasteiger partial charge on any atom is 0.486 e. The Labute approximate surface area is 135 Å². The molecule has 3 rings (SSSR count). The van der Waals surface area contributed by atoms with Gasteiger partial charge in [-0.15, -0.1) is 0 Å². The molecular formula is C17H15BN5. The lowest BCUT2D eigenvalue weighted by Crippen LogP contribution is -1.85. The van der Waals surface area contributed by atoms with Crippen molar-refractivity contribution in [1.82, 2.24) is 0 Å². The summed E-state index contributed by atoms with van der Waals surface area (Å²) >= 11 is 0. The molecule has 111 valence electrons. The fourth-order valence-electron chi connectivity index (χ4n) is 2.22. The van der Waals surface area contributed by atoms with Gasteiger partial charge in [0, 0.05) is 5.69 Å². The largest absolute Gasteiger partial charge is 0.486 e. The van der Waals surface area contributed by atoms with Crippen molar-refractivity contribution < 1.29 is 0 Å². The molecule has 1 radical (unpaired) electrons. The standard InChI is InChI=1S/C17H15BN5/c1-12-9-13-7-8-15(19)10-14(13)11-17(12)21-23-18-22-20-16-5-3-2-4-6-16/h2-11H,19H2,1H3. The van der Waals surface area contributed by atoms with Gasteiger partial charge in [-0.05, 0) is 59.7 Å². The Balaban J connectivity index is 1.73. The molecule has 6 heteroatoms. The third kappa shape index (κ3) is 3.80. The van der Waals surface area contributed by atoms with Crippen LogP contribution < -0.4 is 5.73 Å². The van der Waals surface area contributed by atoms with Gasteiger partial charge in [0.1, 0.15) is 0 Å². The molecule has 0 aliphatic rings. The van der Waals surface area contributed by atoms with Crippen molar-refractivity contribution in [3.05, 3.63) is 66.2 Å². The monoisotopic (exact) mass is 300 g/mol. The van der Waals surface area contributed by atoms with Crippen LogP contribution in [0.25, 0.3) is 10.8 Å². The molecule has 3 aromatic rings. The van der Waals surface area contributed by atoms with E-state index in [4.69, 9.17) is 5.73 Å². The van der Waals surface area contributed by atoms with Crippen LogP contribution in [0.15, 0.2) is 80.9 Å². The molecular weight excluding hydrogens is 285 g/mol. The van der Waals surface area contributed by atoms with Gasteiger partial charge in [0.15, 0.2) is 0 Å². The van der Waals surface area contributed by atoms with Gasteiger partial charge in [-0.3, -0.25) is 0 Å². The van der Waals surface area contributed by atoms with Gasteiger partial charge in [-0.2, -0.15) is 10.2 Å². The van der Waals surface area contributed by atoms with E-state index in [9.17, 15) is 0 Å². The Morgan fingerprint density at radius 3 is 2.43 bits per heavy atom. The summed E-state index contributed by atoms with van der Waals surface area (Å²) in [6.07, 6.45) is 0. The number of nitrogen functional groups attached to an aromatic ring is 1. The number of benzene rings is 3. The van der Waals surface area contributed by atoms with Crippen LogP contribution in [-0.4, -0.2) is 7.55 Å². The van der Waals surface area contributed by atoms with E-state index in [0.29, 0.717) is 0 Å². The Morgan fingerprint density at radius 2 is 1.61 bits per heavy atom. The van der Waals surface area contributed by atoms with Gasteiger partial charge >= 0.3 is 7.55 Å². The summed E-state index contributed by atoms with van der Waals surface area (Å²) in [5, 5.41) is 18.2. The predicted molar refractivity (Wildman–Crippen MR) is 94.3 cm³/mol. The molecule has 0 saturated heterocycles. The molecule has 0 heterocycles. The maximum absolute atomic E-state index is 5.82. The molecule has 0 unspecified atom stereocenters. The summed E-state index contributed by atoms with van der Waals surface area (Å²) in [5.41, 5.74) is 9.15. The van der Waals surface area contributed by atoms with E-state index in [-0.39, 0.29) is 0 Å². The predicted octanol–water partition coefficient (Wildman–Crippen LogP) is 5.13. The van der Waals surface area contributed by atoms with Crippen LogP contribution in [0, 0.1) is 6.92 Å². The first-order valence-electron chi connectivity index (χ1n) is 7.21. The highest BCUT2D eigenvalue weighted by atomic mass is 15.1. The molecule has 2 N–H and O–H groups in total. The number of aryl methyl sites for hydroxylation is 1. The van der Waals surface area contributed by atoms with Crippen LogP contribution in [0.2, 0.25) is 0 Å². The Kier molecular flexibility index (Phi) is 4.43. The number of nitrogens with two attached hydrogens (primary N) is 1. The van der Waals surface area contributed by atoms with Crippen molar-refractivity contribution >= 4 is 35.4 Å². The van der Waals surface area contributed by atoms with E-state index in [1.807, 2.05) is 61.5 Å². The van der Waals surface area contributed by atoms with Crippen LogP contribution in [-0.2, 0) is 0 Å².